The largest absolute Gasteiger partial charge is 3.00 e. The smallest absolute Gasteiger partial charge is 2.00 e. The van der Waals surface area contributed by atoms with Crippen LogP contribution in [0.5, 0.6) is 0 Å². The fraction of sp³-hybridized carbons (Fsp3) is 0. The molecule has 6 heavy (non-hydrogen) atoms. The van der Waals surface area contributed by atoms with Gasteiger partial charge in [0.25, 0.3) is 0 Å². The van der Waals surface area contributed by atoms with E-state index in [0.29, 0.717) is 0 Å². The van der Waals surface area contributed by atoms with E-state index in [1.165, 1.54) is 0 Å². The van der Waals surface area contributed by atoms with Gasteiger partial charge in [0, 0.05) is 0 Å². The Bertz CT molecular complexity index is 5.51. The molecule has 42 valence electrons. The zero-order valence-corrected chi connectivity index (χ0v) is 8.09. The molecule has 0 N–H and O–H groups in total. The summed E-state index contributed by atoms with van der Waals surface area (Å²) in [4.78, 5) is 0. The molecule has 0 atom stereocenters. The van der Waals surface area contributed by atoms with Crippen molar-refractivity contribution in [1.82, 2.24) is 0 Å². The topological polar surface area (TPSA) is 0 Å². The Morgan fingerprint density at radius 3 is 0.500 bits per heavy atom. The van der Waals surface area contributed by atoms with E-state index in [2.05, 4.69) is 0 Å². The average Bonchev–Trinajstić information content (AvgIpc) is 0. The van der Waals surface area contributed by atoms with Crippen molar-refractivity contribution in [1.29, 1.82) is 0 Å². The molecule has 0 aromatic heterocycles. The quantitative estimate of drug-likeness (QED) is 0.528. The van der Waals surface area contributed by atoms with Crippen LogP contribution in [0.2, 0.25) is 0 Å². The van der Waals surface area contributed by atoms with Crippen LogP contribution in [0.4, 0.5) is 0 Å². The molecule has 0 aromatic rings. The molecular weight excluding hydrogens is 240 g/mol. The van der Waals surface area contributed by atoms with Crippen molar-refractivity contribution in [2.45, 2.75) is 0 Å². The zero-order chi connectivity index (χ0) is 0. The molecule has 0 spiro atoms. The van der Waals surface area contributed by atoms with Crippen LogP contribution in [0.1, 0.15) is 0 Å². The fourth-order valence-corrected chi connectivity index (χ4v) is 0. The Balaban J connectivity index is 0. The summed E-state index contributed by atoms with van der Waals surface area (Å²) in [5.41, 5.74) is 0. The predicted molar refractivity (Wildman–Crippen MR) is 32.5 cm³/mol. The van der Waals surface area contributed by atoms with Gasteiger partial charge in [-0.3, -0.25) is 0 Å². The van der Waals surface area contributed by atoms with Crippen LogP contribution in [0.15, 0.2) is 0 Å². The van der Waals surface area contributed by atoms with Gasteiger partial charge in [0.15, 0.2) is 0 Å². The van der Waals surface area contributed by atoms with Crippen molar-refractivity contribution in [3.8, 4) is 0 Å². The van der Waals surface area contributed by atoms with Crippen molar-refractivity contribution in [3.05, 3.63) is 0 Å². The van der Waals surface area contributed by atoms with E-state index in [-0.39, 0.29) is 88.1 Å². The summed E-state index contributed by atoms with van der Waals surface area (Å²) in [5.74, 6) is 0. The Hall–Kier alpha value is 2.44. The summed E-state index contributed by atoms with van der Waals surface area (Å²) in [5, 5.41) is 0. The Labute approximate surface area is 87.3 Å². The van der Waals surface area contributed by atoms with Gasteiger partial charge in [-0.25, -0.2) is 0 Å². The maximum absolute atomic E-state index is 0. The normalized spacial score (nSPS) is 0. The third-order valence-corrected chi connectivity index (χ3v) is 0. The maximum Gasteiger partial charge on any atom is 3.00 e. The molecule has 0 heterocycles. The first-order valence-electron chi connectivity index (χ1n) is 0. The standard InChI is InChI=1S/2Fe.H2S.3S/h;;1H2;;;/q2*+3;;3*-2. The van der Waals surface area contributed by atoms with E-state index in [9.17, 15) is 0 Å². The third-order valence-electron chi connectivity index (χ3n) is 0. The second kappa shape index (κ2) is 51.8. The molecule has 0 aliphatic heterocycles. The van der Waals surface area contributed by atoms with Crippen molar-refractivity contribution >= 4 is 54.0 Å². The molecule has 0 saturated heterocycles. The monoisotopic (exact) mass is 242 g/mol. The predicted octanol–water partition coefficient (Wildman–Crippen LogP) is 0.101. The van der Waals surface area contributed by atoms with Crippen molar-refractivity contribution in [3.63, 3.8) is 0 Å². The maximum atomic E-state index is 0. The van der Waals surface area contributed by atoms with Crippen LogP contribution >= 0.6 is 13.5 Å². The fourth-order valence-electron chi connectivity index (χ4n) is 0. The van der Waals surface area contributed by atoms with E-state index >= 15 is 0 Å². The van der Waals surface area contributed by atoms with Gasteiger partial charge in [-0.05, 0) is 0 Å². The van der Waals surface area contributed by atoms with Gasteiger partial charge in [0.2, 0.25) is 0 Å². The Morgan fingerprint density at radius 1 is 0.500 bits per heavy atom. The van der Waals surface area contributed by atoms with Crippen molar-refractivity contribution in [2.24, 2.45) is 0 Å². The summed E-state index contributed by atoms with van der Waals surface area (Å²) in [6.45, 7) is 0. The van der Waals surface area contributed by atoms with E-state index in [0.717, 1.165) is 0 Å². The molecule has 0 amide bonds. The molecule has 6 heteroatoms. The molecule has 0 unspecified atom stereocenters. The van der Waals surface area contributed by atoms with Crippen LogP contribution in [0, 0.1) is 0 Å². The molecule has 0 bridgehead atoms. The van der Waals surface area contributed by atoms with Crippen molar-refractivity contribution < 1.29 is 34.1 Å². The second-order valence-electron chi connectivity index (χ2n) is 0. The van der Waals surface area contributed by atoms with Crippen LogP contribution in [0.3, 0.4) is 0 Å². The summed E-state index contributed by atoms with van der Waals surface area (Å²) in [6, 6.07) is 0. The van der Waals surface area contributed by atoms with E-state index in [1.54, 1.807) is 0 Å². The van der Waals surface area contributed by atoms with Gasteiger partial charge in [0.05, 0.1) is 0 Å². The van der Waals surface area contributed by atoms with E-state index < -0.39 is 0 Å². The molecule has 0 aromatic carbocycles. The SMILES string of the molecule is S.[Fe+3].[Fe+3].[S-2].[S-2].[S-2]. The molecular formula is H2Fe2S4. The van der Waals surface area contributed by atoms with Crippen LogP contribution < -0.4 is 0 Å². The van der Waals surface area contributed by atoms with Crippen LogP contribution in [-0.2, 0) is 74.6 Å². The van der Waals surface area contributed by atoms with Gasteiger partial charge in [-0.2, -0.15) is 13.5 Å². The minimum absolute atomic E-state index is 0. The summed E-state index contributed by atoms with van der Waals surface area (Å²) in [6.07, 6.45) is 0. The zero-order valence-electron chi connectivity index (χ0n) is 2.43. The molecule has 0 aliphatic carbocycles. The minimum Gasteiger partial charge on any atom is -2.00 e. The van der Waals surface area contributed by atoms with Gasteiger partial charge in [-0.15, -0.1) is 0 Å². The first kappa shape index (κ1) is 78.5. The van der Waals surface area contributed by atoms with Crippen molar-refractivity contribution in [2.75, 3.05) is 0 Å². The molecule has 2 radical (unpaired) electrons. The van der Waals surface area contributed by atoms with Crippen LogP contribution in [-0.4, -0.2) is 0 Å². The third kappa shape index (κ3) is 32.0. The number of rotatable bonds is 0. The van der Waals surface area contributed by atoms with E-state index in [4.69, 9.17) is 0 Å². The van der Waals surface area contributed by atoms with Gasteiger partial charge in [-0.1, -0.05) is 0 Å². The summed E-state index contributed by atoms with van der Waals surface area (Å²) < 4.78 is 0. The molecule has 0 nitrogen and oxygen atoms in total. The first-order valence-corrected chi connectivity index (χ1v) is 0. The molecule has 0 aliphatic rings. The minimum atomic E-state index is 0. The molecule has 0 fully saturated rings. The first-order chi connectivity index (χ1) is 0. The molecule has 0 rings (SSSR count). The van der Waals surface area contributed by atoms with Gasteiger partial charge >= 0.3 is 34.1 Å². The van der Waals surface area contributed by atoms with Gasteiger partial charge < -0.3 is 40.5 Å². The van der Waals surface area contributed by atoms with Crippen LogP contribution in [0.25, 0.3) is 0 Å². The van der Waals surface area contributed by atoms with E-state index in [1.807, 2.05) is 0 Å². The summed E-state index contributed by atoms with van der Waals surface area (Å²) >= 11 is 0. The average molecular weight is 242 g/mol. The van der Waals surface area contributed by atoms with Gasteiger partial charge in [0.1, 0.15) is 0 Å². The Morgan fingerprint density at radius 2 is 0.500 bits per heavy atom. The molecule has 0 saturated carbocycles. The number of hydrogen-bond acceptors (Lipinski definition) is 0. The number of hydrogen-bond donors (Lipinski definition) is 0. The Kier molecular flexibility index (Phi) is 678. The second-order valence-corrected chi connectivity index (χ2v) is 0. The summed E-state index contributed by atoms with van der Waals surface area (Å²) in [7, 11) is 0.